The number of hydrogen-bond acceptors (Lipinski definition) is 2. The molecule has 0 fully saturated rings. The molecule has 0 spiro atoms. The summed E-state index contributed by atoms with van der Waals surface area (Å²) in [6.45, 7) is 2.65. The number of rotatable bonds is 6. The first-order chi connectivity index (χ1) is 10.5. The van der Waals surface area contributed by atoms with Gasteiger partial charge in [-0.2, -0.15) is 0 Å². The predicted molar refractivity (Wildman–Crippen MR) is 92.1 cm³/mol. The normalized spacial score (nSPS) is 10.3. The lowest BCUT2D eigenvalue weighted by Gasteiger charge is -2.13. The van der Waals surface area contributed by atoms with Gasteiger partial charge < -0.3 is 10.2 Å². The molecule has 0 saturated heterocycles. The zero-order valence-electron chi connectivity index (χ0n) is 13.6. The molecule has 0 heterocycles. The molecule has 2 aromatic rings. The minimum absolute atomic E-state index is 0.0955. The third kappa shape index (κ3) is 4.92. The molecule has 0 aliphatic rings. The minimum atomic E-state index is 0.0955. The number of carbonyl (C=O) groups excluding carboxylic acids is 1. The van der Waals surface area contributed by atoms with Crippen LogP contribution < -0.4 is 10.2 Å². The average molecular weight is 296 g/mol. The minimum Gasteiger partial charge on any atom is -0.378 e. The van der Waals surface area contributed by atoms with E-state index in [4.69, 9.17) is 0 Å². The number of amides is 1. The van der Waals surface area contributed by atoms with Gasteiger partial charge in [0, 0.05) is 32.7 Å². The maximum atomic E-state index is 11.9. The van der Waals surface area contributed by atoms with Crippen molar-refractivity contribution in [3.63, 3.8) is 0 Å². The molecule has 0 bridgehead atoms. The highest BCUT2D eigenvalue weighted by Gasteiger charge is 2.03. The van der Waals surface area contributed by atoms with E-state index in [0.29, 0.717) is 13.0 Å². The van der Waals surface area contributed by atoms with Gasteiger partial charge in [-0.25, -0.2) is 0 Å². The van der Waals surface area contributed by atoms with Crippen LogP contribution >= 0.6 is 0 Å². The zero-order chi connectivity index (χ0) is 15.9. The summed E-state index contributed by atoms with van der Waals surface area (Å²) < 4.78 is 0. The molecule has 0 aromatic heterocycles. The second-order valence-corrected chi connectivity index (χ2v) is 5.83. The molecular weight excluding hydrogens is 272 g/mol. The molecule has 0 atom stereocenters. The van der Waals surface area contributed by atoms with Crippen molar-refractivity contribution >= 4 is 11.6 Å². The Morgan fingerprint density at radius 2 is 1.77 bits per heavy atom. The molecule has 1 amide bonds. The number of benzene rings is 2. The standard InChI is InChI=1S/C19H24N2O/c1-15-5-4-6-16(13-15)9-12-19(22)20-14-17-7-10-18(11-8-17)21(2)3/h4-8,10-11,13H,9,12,14H2,1-3H3,(H,20,22). The molecule has 1 N–H and O–H groups in total. The van der Waals surface area contributed by atoms with Crippen LogP contribution in [0.2, 0.25) is 0 Å². The fraction of sp³-hybridized carbons (Fsp3) is 0.316. The van der Waals surface area contributed by atoms with Crippen molar-refractivity contribution in [3.8, 4) is 0 Å². The maximum Gasteiger partial charge on any atom is 0.220 e. The maximum absolute atomic E-state index is 11.9. The monoisotopic (exact) mass is 296 g/mol. The first-order valence-corrected chi connectivity index (χ1v) is 7.63. The summed E-state index contributed by atoms with van der Waals surface area (Å²) in [5.74, 6) is 0.0955. The van der Waals surface area contributed by atoms with E-state index in [0.717, 1.165) is 17.7 Å². The first-order valence-electron chi connectivity index (χ1n) is 7.63. The molecule has 0 saturated carbocycles. The van der Waals surface area contributed by atoms with Gasteiger partial charge in [-0.1, -0.05) is 42.0 Å². The van der Waals surface area contributed by atoms with E-state index in [1.807, 2.05) is 20.2 Å². The van der Waals surface area contributed by atoms with Gasteiger partial charge in [0.25, 0.3) is 0 Å². The van der Waals surface area contributed by atoms with Crippen molar-refractivity contribution in [3.05, 3.63) is 65.2 Å². The van der Waals surface area contributed by atoms with Crippen LogP contribution in [0.5, 0.6) is 0 Å². The van der Waals surface area contributed by atoms with E-state index in [1.165, 1.54) is 11.1 Å². The van der Waals surface area contributed by atoms with Gasteiger partial charge in [-0.05, 0) is 36.6 Å². The number of carbonyl (C=O) groups is 1. The molecule has 0 radical (unpaired) electrons. The Bertz CT molecular complexity index is 618. The highest BCUT2D eigenvalue weighted by molar-refractivity contribution is 5.76. The Balaban J connectivity index is 1.77. The van der Waals surface area contributed by atoms with Gasteiger partial charge in [-0.3, -0.25) is 4.79 Å². The van der Waals surface area contributed by atoms with Gasteiger partial charge in [0.15, 0.2) is 0 Å². The molecule has 0 aliphatic carbocycles. The molecule has 3 nitrogen and oxygen atoms in total. The van der Waals surface area contributed by atoms with E-state index in [9.17, 15) is 4.79 Å². The third-order valence-corrected chi connectivity index (χ3v) is 3.67. The van der Waals surface area contributed by atoms with Crippen LogP contribution in [0.1, 0.15) is 23.1 Å². The summed E-state index contributed by atoms with van der Waals surface area (Å²) in [6.07, 6.45) is 1.31. The Morgan fingerprint density at radius 3 is 2.41 bits per heavy atom. The van der Waals surface area contributed by atoms with E-state index >= 15 is 0 Å². The summed E-state index contributed by atoms with van der Waals surface area (Å²) in [7, 11) is 4.03. The summed E-state index contributed by atoms with van der Waals surface area (Å²) in [5, 5.41) is 2.98. The number of anilines is 1. The molecule has 22 heavy (non-hydrogen) atoms. The molecule has 116 valence electrons. The topological polar surface area (TPSA) is 32.3 Å². The lowest BCUT2D eigenvalue weighted by atomic mass is 10.1. The fourth-order valence-electron chi connectivity index (χ4n) is 2.33. The smallest absolute Gasteiger partial charge is 0.220 e. The lowest BCUT2D eigenvalue weighted by Crippen LogP contribution is -2.23. The van der Waals surface area contributed by atoms with Crippen LogP contribution in [-0.4, -0.2) is 20.0 Å². The molecular formula is C19H24N2O. The van der Waals surface area contributed by atoms with E-state index < -0.39 is 0 Å². The number of hydrogen-bond donors (Lipinski definition) is 1. The van der Waals surface area contributed by atoms with Crippen LogP contribution in [0, 0.1) is 6.92 Å². The van der Waals surface area contributed by atoms with Crippen LogP contribution in [-0.2, 0) is 17.8 Å². The Labute approximate surface area is 133 Å². The highest BCUT2D eigenvalue weighted by Crippen LogP contribution is 2.12. The first kappa shape index (κ1) is 16.1. The van der Waals surface area contributed by atoms with Gasteiger partial charge >= 0.3 is 0 Å². The quantitative estimate of drug-likeness (QED) is 0.887. The summed E-state index contributed by atoms with van der Waals surface area (Å²) >= 11 is 0. The van der Waals surface area contributed by atoms with Gasteiger partial charge in [0.05, 0.1) is 0 Å². The van der Waals surface area contributed by atoms with Crippen LogP contribution in [0.4, 0.5) is 5.69 Å². The molecule has 0 aliphatic heterocycles. The predicted octanol–water partition coefficient (Wildman–Crippen LogP) is 3.31. The van der Waals surface area contributed by atoms with Crippen molar-refractivity contribution in [2.24, 2.45) is 0 Å². The number of nitrogens with one attached hydrogen (secondary N) is 1. The molecule has 0 unspecified atom stereocenters. The Kier molecular flexibility index (Phi) is 5.59. The van der Waals surface area contributed by atoms with Gasteiger partial charge in [-0.15, -0.1) is 0 Å². The number of nitrogens with zero attached hydrogens (tertiary/aromatic N) is 1. The van der Waals surface area contributed by atoms with Gasteiger partial charge in [0.2, 0.25) is 5.91 Å². The molecule has 2 aromatic carbocycles. The summed E-state index contributed by atoms with van der Waals surface area (Å²) in [6, 6.07) is 16.5. The second kappa shape index (κ2) is 7.64. The van der Waals surface area contributed by atoms with Crippen molar-refractivity contribution in [2.75, 3.05) is 19.0 Å². The van der Waals surface area contributed by atoms with Crippen molar-refractivity contribution in [2.45, 2.75) is 26.3 Å². The fourth-order valence-corrected chi connectivity index (χ4v) is 2.33. The summed E-state index contributed by atoms with van der Waals surface area (Å²) in [4.78, 5) is 14.0. The van der Waals surface area contributed by atoms with Crippen LogP contribution in [0.15, 0.2) is 48.5 Å². The molecule has 2 rings (SSSR count). The van der Waals surface area contributed by atoms with Crippen LogP contribution in [0.3, 0.4) is 0 Å². The molecule has 3 heteroatoms. The second-order valence-electron chi connectivity index (χ2n) is 5.83. The van der Waals surface area contributed by atoms with Crippen molar-refractivity contribution < 1.29 is 4.79 Å². The Hall–Kier alpha value is -2.29. The van der Waals surface area contributed by atoms with Crippen LogP contribution in [0.25, 0.3) is 0 Å². The highest BCUT2D eigenvalue weighted by atomic mass is 16.1. The SMILES string of the molecule is Cc1cccc(CCC(=O)NCc2ccc(N(C)C)cc2)c1. The van der Waals surface area contributed by atoms with E-state index in [-0.39, 0.29) is 5.91 Å². The van der Waals surface area contributed by atoms with E-state index in [1.54, 1.807) is 0 Å². The van der Waals surface area contributed by atoms with Crippen molar-refractivity contribution in [1.29, 1.82) is 0 Å². The van der Waals surface area contributed by atoms with E-state index in [2.05, 4.69) is 59.6 Å². The lowest BCUT2D eigenvalue weighted by molar-refractivity contribution is -0.121. The average Bonchev–Trinajstić information content (AvgIpc) is 2.51. The van der Waals surface area contributed by atoms with Gasteiger partial charge in [0.1, 0.15) is 0 Å². The summed E-state index contributed by atoms with van der Waals surface area (Å²) in [5.41, 5.74) is 4.73. The zero-order valence-corrected chi connectivity index (χ0v) is 13.6. The third-order valence-electron chi connectivity index (χ3n) is 3.67. The number of aryl methyl sites for hydroxylation is 2. The van der Waals surface area contributed by atoms with Crippen molar-refractivity contribution in [1.82, 2.24) is 5.32 Å². The Morgan fingerprint density at radius 1 is 1.05 bits per heavy atom. The largest absolute Gasteiger partial charge is 0.378 e.